The number of carbonyl (C=O) groups is 2. The summed E-state index contributed by atoms with van der Waals surface area (Å²) < 4.78 is 29.1. The van der Waals surface area contributed by atoms with Gasteiger partial charge in [0.05, 0.1) is 10.6 Å². The molecule has 7 nitrogen and oxygen atoms in total. The summed E-state index contributed by atoms with van der Waals surface area (Å²) in [5.41, 5.74) is 2.02. The highest BCUT2D eigenvalue weighted by atomic mass is 35.5. The number of halogens is 3. The number of nitrogens with zero attached hydrogens (tertiary/aromatic N) is 2. The van der Waals surface area contributed by atoms with E-state index in [2.05, 4.69) is 5.32 Å². The van der Waals surface area contributed by atoms with E-state index < -0.39 is 34.1 Å². The highest BCUT2D eigenvalue weighted by Gasteiger charge is 2.35. The minimum Gasteiger partial charge on any atom is -0.350 e. The van der Waals surface area contributed by atoms with E-state index in [9.17, 15) is 18.0 Å². The van der Waals surface area contributed by atoms with Crippen LogP contribution in [0.15, 0.2) is 65.6 Å². The monoisotopic (exact) mass is 651 g/mol. The van der Waals surface area contributed by atoms with Crippen LogP contribution in [-0.4, -0.2) is 43.3 Å². The molecule has 0 bridgehead atoms. The van der Waals surface area contributed by atoms with E-state index in [4.69, 9.17) is 34.8 Å². The number of sulfonamides is 1. The second kappa shape index (κ2) is 13.7. The second-order valence-electron chi connectivity index (χ2n) is 11.1. The summed E-state index contributed by atoms with van der Waals surface area (Å²) in [6.07, 6.45) is 0.267. The molecule has 3 aromatic rings. The molecule has 0 saturated carbocycles. The average Bonchev–Trinajstić information content (AvgIpc) is 2.89. The van der Waals surface area contributed by atoms with Gasteiger partial charge in [-0.1, -0.05) is 53.9 Å². The van der Waals surface area contributed by atoms with Crippen LogP contribution in [0, 0.1) is 13.8 Å². The van der Waals surface area contributed by atoms with Gasteiger partial charge in [0.2, 0.25) is 11.8 Å². The van der Waals surface area contributed by atoms with Gasteiger partial charge in [-0.05, 0) is 101 Å². The van der Waals surface area contributed by atoms with Crippen LogP contribution >= 0.6 is 34.8 Å². The van der Waals surface area contributed by atoms with Crippen LogP contribution in [-0.2, 0) is 26.2 Å². The molecule has 0 radical (unpaired) electrons. The molecule has 0 heterocycles. The molecule has 0 aliphatic carbocycles. The van der Waals surface area contributed by atoms with E-state index in [0.29, 0.717) is 26.3 Å². The Morgan fingerprint density at radius 3 is 2.02 bits per heavy atom. The molecule has 1 atom stereocenters. The van der Waals surface area contributed by atoms with E-state index in [0.717, 1.165) is 15.4 Å². The third-order valence-corrected chi connectivity index (χ3v) is 9.48. The summed E-state index contributed by atoms with van der Waals surface area (Å²) in [6, 6.07) is 15.0. The first-order valence-electron chi connectivity index (χ1n) is 13.4. The standard InChI is InChI=1S/C31H36Cl3N3O4S/c1-7-28(30(39)35-31(4,5)6)36(18-25-26(33)9-8-10-27(25)34)29(38)19-37(23-14-11-20(2)21(3)17-23)42(40,41)24-15-12-22(32)13-16-24/h8-17,28H,7,18-19H2,1-6H3,(H,35,39). The summed E-state index contributed by atoms with van der Waals surface area (Å²) in [5.74, 6) is -0.975. The van der Waals surface area contributed by atoms with Crippen molar-refractivity contribution in [3.8, 4) is 0 Å². The number of aryl methyl sites for hydroxylation is 2. The Morgan fingerprint density at radius 2 is 1.50 bits per heavy atom. The minimum atomic E-state index is -4.23. The van der Waals surface area contributed by atoms with Crippen molar-refractivity contribution in [1.82, 2.24) is 10.2 Å². The Kier molecular flexibility index (Phi) is 11.0. The number of amides is 2. The summed E-state index contributed by atoms with van der Waals surface area (Å²) in [4.78, 5) is 29.0. The molecular formula is C31H36Cl3N3O4S. The molecule has 0 fully saturated rings. The van der Waals surface area contributed by atoms with Gasteiger partial charge in [0, 0.05) is 32.7 Å². The van der Waals surface area contributed by atoms with Crippen molar-refractivity contribution in [2.75, 3.05) is 10.8 Å². The predicted molar refractivity (Wildman–Crippen MR) is 171 cm³/mol. The van der Waals surface area contributed by atoms with Crippen LogP contribution in [0.25, 0.3) is 0 Å². The molecule has 0 aromatic heterocycles. The van der Waals surface area contributed by atoms with E-state index in [1.165, 1.54) is 29.2 Å². The summed E-state index contributed by atoms with van der Waals surface area (Å²) >= 11 is 19.0. The van der Waals surface area contributed by atoms with Gasteiger partial charge in [0.15, 0.2) is 0 Å². The molecule has 2 amide bonds. The molecule has 0 spiro atoms. The van der Waals surface area contributed by atoms with E-state index in [1.54, 1.807) is 43.3 Å². The van der Waals surface area contributed by atoms with E-state index >= 15 is 0 Å². The van der Waals surface area contributed by atoms with E-state index in [1.807, 2.05) is 34.6 Å². The molecule has 3 aromatic carbocycles. The van der Waals surface area contributed by atoms with Gasteiger partial charge in [-0.2, -0.15) is 0 Å². The fourth-order valence-electron chi connectivity index (χ4n) is 4.37. The van der Waals surface area contributed by atoms with Crippen molar-refractivity contribution in [2.45, 2.75) is 71.0 Å². The zero-order valence-electron chi connectivity index (χ0n) is 24.5. The fourth-order valence-corrected chi connectivity index (χ4v) is 6.42. The molecule has 226 valence electrons. The number of hydrogen-bond donors (Lipinski definition) is 1. The quantitative estimate of drug-likeness (QED) is 0.251. The first-order chi connectivity index (χ1) is 19.5. The smallest absolute Gasteiger partial charge is 0.264 e. The van der Waals surface area contributed by atoms with Crippen molar-refractivity contribution < 1.29 is 18.0 Å². The van der Waals surface area contributed by atoms with Gasteiger partial charge in [0.25, 0.3) is 10.0 Å². The lowest BCUT2D eigenvalue weighted by molar-refractivity contribution is -0.141. The highest BCUT2D eigenvalue weighted by molar-refractivity contribution is 7.92. The van der Waals surface area contributed by atoms with Crippen molar-refractivity contribution in [3.05, 3.63) is 92.4 Å². The SMILES string of the molecule is CCC(C(=O)NC(C)(C)C)N(Cc1c(Cl)cccc1Cl)C(=O)CN(c1ccc(C)c(C)c1)S(=O)(=O)c1ccc(Cl)cc1. The molecule has 42 heavy (non-hydrogen) atoms. The Balaban J connectivity index is 2.14. The topological polar surface area (TPSA) is 86.8 Å². The molecule has 1 N–H and O–H groups in total. The van der Waals surface area contributed by atoms with Gasteiger partial charge in [0.1, 0.15) is 12.6 Å². The maximum absolute atomic E-state index is 14.2. The van der Waals surface area contributed by atoms with Crippen LogP contribution in [0.2, 0.25) is 15.1 Å². The third kappa shape index (κ3) is 8.19. The first-order valence-corrected chi connectivity index (χ1v) is 16.0. The Hall–Kier alpha value is -2.78. The van der Waals surface area contributed by atoms with Crippen LogP contribution < -0.4 is 9.62 Å². The summed E-state index contributed by atoms with van der Waals surface area (Å²) in [7, 11) is -4.23. The molecule has 0 aliphatic rings. The summed E-state index contributed by atoms with van der Waals surface area (Å²) in [5, 5.41) is 3.96. The predicted octanol–water partition coefficient (Wildman–Crippen LogP) is 7.18. The summed E-state index contributed by atoms with van der Waals surface area (Å²) in [6.45, 7) is 10.4. The Labute approximate surface area is 263 Å². The number of benzene rings is 3. The van der Waals surface area contributed by atoms with Crippen LogP contribution in [0.5, 0.6) is 0 Å². The molecule has 11 heteroatoms. The third-order valence-electron chi connectivity index (χ3n) is 6.73. The number of rotatable bonds is 10. The second-order valence-corrected chi connectivity index (χ2v) is 14.2. The first kappa shape index (κ1) is 33.7. The van der Waals surface area contributed by atoms with Gasteiger partial charge >= 0.3 is 0 Å². The number of anilines is 1. The van der Waals surface area contributed by atoms with Crippen molar-refractivity contribution in [1.29, 1.82) is 0 Å². The zero-order valence-corrected chi connectivity index (χ0v) is 27.6. The van der Waals surface area contributed by atoms with Crippen molar-refractivity contribution >= 4 is 62.3 Å². The van der Waals surface area contributed by atoms with E-state index in [-0.39, 0.29) is 23.8 Å². The number of nitrogens with one attached hydrogen (secondary N) is 1. The maximum atomic E-state index is 14.2. The van der Waals surface area contributed by atoms with Crippen molar-refractivity contribution in [2.24, 2.45) is 0 Å². The molecular weight excluding hydrogens is 617 g/mol. The van der Waals surface area contributed by atoms with Crippen LogP contribution in [0.3, 0.4) is 0 Å². The molecule has 1 unspecified atom stereocenters. The normalized spacial score (nSPS) is 12.5. The van der Waals surface area contributed by atoms with Gasteiger partial charge in [-0.3, -0.25) is 13.9 Å². The van der Waals surface area contributed by atoms with Crippen LogP contribution in [0.4, 0.5) is 5.69 Å². The minimum absolute atomic E-state index is 0.0313. The lowest BCUT2D eigenvalue weighted by atomic mass is 10.1. The maximum Gasteiger partial charge on any atom is 0.264 e. The molecule has 0 aliphatic heterocycles. The number of hydrogen-bond acceptors (Lipinski definition) is 4. The average molecular weight is 653 g/mol. The zero-order chi connectivity index (χ0) is 31.4. The lowest BCUT2D eigenvalue weighted by Crippen LogP contribution is -2.55. The Bertz CT molecular complexity index is 1530. The molecule has 0 saturated heterocycles. The van der Waals surface area contributed by atoms with Crippen molar-refractivity contribution in [3.63, 3.8) is 0 Å². The highest BCUT2D eigenvalue weighted by Crippen LogP contribution is 2.30. The van der Waals surface area contributed by atoms with Crippen LogP contribution in [0.1, 0.15) is 50.8 Å². The fraction of sp³-hybridized carbons (Fsp3) is 0.355. The van der Waals surface area contributed by atoms with Gasteiger partial charge in [-0.25, -0.2) is 8.42 Å². The number of carbonyl (C=O) groups excluding carboxylic acids is 2. The van der Waals surface area contributed by atoms with Gasteiger partial charge in [-0.15, -0.1) is 0 Å². The Morgan fingerprint density at radius 1 is 0.905 bits per heavy atom. The lowest BCUT2D eigenvalue weighted by Gasteiger charge is -2.35. The van der Waals surface area contributed by atoms with Gasteiger partial charge < -0.3 is 10.2 Å². The molecule has 3 rings (SSSR count). The largest absolute Gasteiger partial charge is 0.350 e.